The molecule has 2 aromatic rings. The van der Waals surface area contributed by atoms with Gasteiger partial charge in [-0.25, -0.2) is 0 Å². The maximum atomic E-state index is 2.42. The molecule has 3 heterocycles. The molecule has 0 bridgehead atoms. The SMILES string of the molecule is CC(C)(C)c1cc[n+]2c(c1)-c1cc(C(C)(C)C)cc[n+]1[Ru]2. The van der Waals surface area contributed by atoms with E-state index >= 15 is 0 Å². The molecule has 0 saturated heterocycles. The van der Waals surface area contributed by atoms with E-state index in [0.29, 0.717) is 0 Å². The Morgan fingerprint density at radius 2 is 1.10 bits per heavy atom. The van der Waals surface area contributed by atoms with Crippen LogP contribution in [0.15, 0.2) is 36.7 Å². The number of rotatable bonds is 0. The summed E-state index contributed by atoms with van der Waals surface area (Å²) in [6.45, 7) is 13.7. The number of pyridine rings is 2. The van der Waals surface area contributed by atoms with Crippen LogP contribution in [-0.4, -0.2) is 0 Å². The third-order valence-electron chi connectivity index (χ3n) is 3.94. The average Bonchev–Trinajstić information content (AvgIpc) is 2.73. The maximum absolute atomic E-state index is 2.42. The molecule has 0 N–H and O–H groups in total. The summed E-state index contributed by atoms with van der Waals surface area (Å²) in [7, 11) is 0. The van der Waals surface area contributed by atoms with Gasteiger partial charge in [0.25, 0.3) is 0 Å². The number of fused-ring (bicyclic) bond motifs is 3. The first-order valence-corrected chi connectivity index (χ1v) is 8.98. The number of aromatic nitrogens is 2. The number of hydrogen-bond donors (Lipinski definition) is 0. The summed E-state index contributed by atoms with van der Waals surface area (Å²) in [5.74, 6) is 0. The van der Waals surface area contributed by atoms with Crippen LogP contribution in [0.5, 0.6) is 0 Å². The Hall–Kier alpha value is -1.08. The standard InChI is InChI=1S/C18H24N2.Ru/c1-17(2,3)13-7-9-19-15(11-13)16-12-14(8-10-20-16)18(4,5)6;/h7-12H,1-6H3;/q;+2. The van der Waals surface area contributed by atoms with Crippen LogP contribution in [0.3, 0.4) is 0 Å². The van der Waals surface area contributed by atoms with Gasteiger partial charge in [0.15, 0.2) is 0 Å². The van der Waals surface area contributed by atoms with E-state index in [2.05, 4.69) is 84.8 Å². The molecule has 0 aromatic carbocycles. The Labute approximate surface area is 136 Å². The second-order valence-electron chi connectivity index (χ2n) is 7.77. The first kappa shape index (κ1) is 14.8. The van der Waals surface area contributed by atoms with E-state index in [-0.39, 0.29) is 28.4 Å². The second kappa shape index (κ2) is 4.71. The average molecular weight is 369 g/mol. The summed E-state index contributed by atoms with van der Waals surface area (Å²) in [6, 6.07) is 9.30. The zero-order valence-corrected chi connectivity index (χ0v) is 15.5. The molecule has 0 unspecified atom stereocenters. The fourth-order valence-corrected chi connectivity index (χ4v) is 4.35. The fraction of sp³-hybridized carbons (Fsp3) is 0.444. The minimum atomic E-state index is 0.0333. The van der Waals surface area contributed by atoms with Crippen molar-refractivity contribution in [3.8, 4) is 11.4 Å². The van der Waals surface area contributed by atoms with Crippen molar-refractivity contribution in [3.63, 3.8) is 0 Å². The van der Waals surface area contributed by atoms with Crippen molar-refractivity contribution in [2.45, 2.75) is 52.4 Å². The molecular formula is C18H24N2Ru+2. The van der Waals surface area contributed by atoms with Gasteiger partial charge in [-0.05, 0) is 0 Å². The van der Waals surface area contributed by atoms with Crippen molar-refractivity contribution in [3.05, 3.63) is 47.8 Å². The molecule has 0 radical (unpaired) electrons. The summed E-state index contributed by atoms with van der Waals surface area (Å²) in [4.78, 5) is 0. The van der Waals surface area contributed by atoms with Gasteiger partial charge in [0.2, 0.25) is 0 Å². The van der Waals surface area contributed by atoms with Gasteiger partial charge in [-0.3, -0.25) is 0 Å². The van der Waals surface area contributed by atoms with Crippen LogP contribution >= 0.6 is 0 Å². The summed E-state index contributed by atoms with van der Waals surface area (Å²) in [5.41, 5.74) is 5.94. The van der Waals surface area contributed by atoms with Crippen LogP contribution < -0.4 is 6.62 Å². The van der Waals surface area contributed by atoms with Crippen molar-refractivity contribution in [2.75, 3.05) is 0 Å². The summed E-state index contributed by atoms with van der Waals surface area (Å²) in [6.07, 6.45) is 4.52. The van der Waals surface area contributed by atoms with E-state index in [1.165, 1.54) is 22.5 Å². The van der Waals surface area contributed by atoms with Crippen LogP contribution in [0.25, 0.3) is 11.4 Å². The summed E-state index contributed by atoms with van der Waals surface area (Å²) >= 11 is 0.0333. The van der Waals surface area contributed by atoms with Gasteiger partial charge in [-0.1, -0.05) is 0 Å². The summed E-state index contributed by atoms with van der Waals surface area (Å²) < 4.78 is 4.84. The predicted molar refractivity (Wildman–Crippen MR) is 80.5 cm³/mol. The Morgan fingerprint density at radius 3 is 1.43 bits per heavy atom. The van der Waals surface area contributed by atoms with E-state index in [4.69, 9.17) is 0 Å². The zero-order chi connectivity index (χ0) is 15.4. The molecule has 21 heavy (non-hydrogen) atoms. The molecule has 1 aliphatic rings. The van der Waals surface area contributed by atoms with Crippen LogP contribution in [0.4, 0.5) is 0 Å². The van der Waals surface area contributed by atoms with Crippen LogP contribution in [0, 0.1) is 0 Å². The Kier molecular flexibility index (Phi) is 3.33. The first-order chi connectivity index (χ1) is 9.66. The molecule has 0 fully saturated rings. The molecular weight excluding hydrogens is 345 g/mol. The topological polar surface area (TPSA) is 7.76 Å². The predicted octanol–water partition coefficient (Wildman–Crippen LogP) is 3.15. The molecule has 0 spiro atoms. The first-order valence-electron chi connectivity index (χ1n) is 7.43. The molecule has 0 aliphatic carbocycles. The Bertz CT molecular complexity index is 645. The van der Waals surface area contributed by atoms with Gasteiger partial charge in [0, 0.05) is 0 Å². The van der Waals surface area contributed by atoms with Gasteiger partial charge < -0.3 is 0 Å². The van der Waals surface area contributed by atoms with E-state index in [9.17, 15) is 0 Å². The minimum absolute atomic E-state index is 0.0333. The van der Waals surface area contributed by atoms with Gasteiger partial charge >= 0.3 is 136 Å². The molecule has 3 rings (SSSR count). The third kappa shape index (κ3) is 2.69. The number of hydrogen-bond acceptors (Lipinski definition) is 0. The van der Waals surface area contributed by atoms with Crippen LogP contribution in [0.1, 0.15) is 52.7 Å². The quantitative estimate of drug-likeness (QED) is 0.538. The molecule has 0 amide bonds. The van der Waals surface area contributed by atoms with E-state index in [1.807, 2.05) is 0 Å². The van der Waals surface area contributed by atoms with Crippen molar-refractivity contribution in [2.24, 2.45) is 0 Å². The molecule has 2 nitrogen and oxygen atoms in total. The fourth-order valence-electron chi connectivity index (χ4n) is 2.46. The molecule has 3 heteroatoms. The molecule has 2 aromatic heterocycles. The summed E-state index contributed by atoms with van der Waals surface area (Å²) in [5, 5.41) is 0. The Balaban J connectivity index is 2.15. The van der Waals surface area contributed by atoms with Crippen LogP contribution in [0.2, 0.25) is 0 Å². The van der Waals surface area contributed by atoms with Gasteiger partial charge in [-0.2, -0.15) is 0 Å². The van der Waals surface area contributed by atoms with Crippen LogP contribution in [-0.2, 0) is 28.4 Å². The third-order valence-corrected chi connectivity index (χ3v) is 6.05. The van der Waals surface area contributed by atoms with Crippen molar-refractivity contribution in [1.82, 2.24) is 0 Å². The van der Waals surface area contributed by atoms with Gasteiger partial charge in [-0.15, -0.1) is 0 Å². The molecule has 1 aliphatic heterocycles. The Morgan fingerprint density at radius 1 is 0.714 bits per heavy atom. The van der Waals surface area contributed by atoms with Gasteiger partial charge in [0.05, 0.1) is 0 Å². The second-order valence-corrected chi connectivity index (χ2v) is 9.79. The van der Waals surface area contributed by atoms with Crippen molar-refractivity contribution in [1.29, 1.82) is 0 Å². The van der Waals surface area contributed by atoms with Gasteiger partial charge in [0.1, 0.15) is 0 Å². The van der Waals surface area contributed by atoms with E-state index in [0.717, 1.165) is 0 Å². The van der Waals surface area contributed by atoms with Crippen molar-refractivity contribution < 1.29 is 24.2 Å². The van der Waals surface area contributed by atoms with Crippen molar-refractivity contribution >= 4 is 0 Å². The normalized spacial score (nSPS) is 14.4. The van der Waals surface area contributed by atoms with E-state index < -0.39 is 0 Å². The molecule has 112 valence electrons. The number of nitrogens with zero attached hydrogens (tertiary/aromatic N) is 2. The molecule has 0 atom stereocenters. The van der Waals surface area contributed by atoms with E-state index in [1.54, 1.807) is 0 Å². The zero-order valence-electron chi connectivity index (χ0n) is 13.7. The molecule has 0 saturated carbocycles. The monoisotopic (exact) mass is 370 g/mol.